The maximum absolute atomic E-state index is 12.4. The van der Waals surface area contributed by atoms with E-state index >= 15 is 0 Å². The Morgan fingerprint density at radius 2 is 2.39 bits per heavy atom. The second kappa shape index (κ2) is 7.50. The largest absolute Gasteiger partial charge is 0.355 e. The minimum atomic E-state index is 0.0166. The summed E-state index contributed by atoms with van der Waals surface area (Å²) in [6, 6.07) is 0. The number of amides is 1. The summed E-state index contributed by atoms with van der Waals surface area (Å²) in [5.41, 5.74) is 1.05. The molecule has 3 rings (SSSR count). The van der Waals surface area contributed by atoms with Crippen molar-refractivity contribution in [3.63, 3.8) is 0 Å². The average molecular weight is 331 g/mol. The number of hydrogen-bond acceptors (Lipinski definition) is 6. The Morgan fingerprint density at radius 1 is 1.48 bits per heavy atom. The van der Waals surface area contributed by atoms with E-state index in [9.17, 15) is 4.79 Å². The molecule has 0 unspecified atom stereocenters. The molecule has 2 aromatic heterocycles. The van der Waals surface area contributed by atoms with Gasteiger partial charge in [-0.3, -0.25) is 9.78 Å². The summed E-state index contributed by atoms with van der Waals surface area (Å²) in [7, 11) is 0. The van der Waals surface area contributed by atoms with Crippen LogP contribution in [0, 0.1) is 12.8 Å². The van der Waals surface area contributed by atoms with Gasteiger partial charge in [0.2, 0.25) is 5.91 Å². The first kappa shape index (κ1) is 15.9. The minimum absolute atomic E-state index is 0.0166. The van der Waals surface area contributed by atoms with Crippen molar-refractivity contribution in [2.45, 2.75) is 26.2 Å². The van der Waals surface area contributed by atoms with E-state index < -0.39 is 0 Å². The first-order chi connectivity index (χ1) is 11.2. The van der Waals surface area contributed by atoms with Gasteiger partial charge in [-0.1, -0.05) is 0 Å². The number of aromatic nitrogens is 3. The molecule has 6 nitrogen and oxygen atoms in total. The number of carbonyl (C=O) groups is 1. The monoisotopic (exact) mass is 331 g/mol. The van der Waals surface area contributed by atoms with Gasteiger partial charge < -0.3 is 10.2 Å². The Balaban J connectivity index is 1.49. The molecule has 0 aliphatic carbocycles. The Bertz CT molecular complexity index is 645. The lowest BCUT2D eigenvalue weighted by molar-refractivity contribution is -0.125. The molecule has 0 spiro atoms. The average Bonchev–Trinajstić information content (AvgIpc) is 3.01. The predicted molar refractivity (Wildman–Crippen MR) is 90.5 cm³/mol. The molecule has 0 bridgehead atoms. The molecule has 1 aliphatic rings. The van der Waals surface area contributed by atoms with Crippen molar-refractivity contribution in [1.29, 1.82) is 0 Å². The minimum Gasteiger partial charge on any atom is -0.355 e. The molecule has 0 aromatic carbocycles. The Kier molecular flexibility index (Phi) is 5.17. The Morgan fingerprint density at radius 3 is 3.13 bits per heavy atom. The SMILES string of the molecule is Cc1nc(CCNC(=O)[C@H]2CCCN(c3cnccn3)C2)cs1. The highest BCUT2D eigenvalue weighted by molar-refractivity contribution is 7.09. The molecule has 122 valence electrons. The molecule has 23 heavy (non-hydrogen) atoms. The molecular weight excluding hydrogens is 310 g/mol. The van der Waals surface area contributed by atoms with Crippen molar-refractivity contribution in [3.05, 3.63) is 34.7 Å². The Hall–Kier alpha value is -2.02. The predicted octanol–water partition coefficient (Wildman–Crippen LogP) is 1.82. The van der Waals surface area contributed by atoms with Gasteiger partial charge in [0, 0.05) is 43.8 Å². The van der Waals surface area contributed by atoms with Crippen LogP contribution in [0.5, 0.6) is 0 Å². The zero-order valence-electron chi connectivity index (χ0n) is 13.2. The second-order valence-corrected chi connectivity index (χ2v) is 6.81. The summed E-state index contributed by atoms with van der Waals surface area (Å²) in [4.78, 5) is 27.4. The van der Waals surface area contributed by atoms with Crippen LogP contribution in [0.2, 0.25) is 0 Å². The lowest BCUT2D eigenvalue weighted by atomic mass is 9.97. The first-order valence-electron chi connectivity index (χ1n) is 7.92. The number of thiazole rings is 1. The third-order valence-electron chi connectivity index (χ3n) is 4.01. The molecule has 7 heteroatoms. The number of aryl methyl sites for hydroxylation is 1. The van der Waals surface area contributed by atoms with Gasteiger partial charge in [0.15, 0.2) is 0 Å². The van der Waals surface area contributed by atoms with E-state index in [0.717, 1.165) is 42.3 Å². The molecule has 1 N–H and O–H groups in total. The van der Waals surface area contributed by atoms with Crippen LogP contribution in [-0.4, -0.2) is 40.5 Å². The maximum Gasteiger partial charge on any atom is 0.224 e. The van der Waals surface area contributed by atoms with E-state index in [4.69, 9.17) is 0 Å². The van der Waals surface area contributed by atoms with Gasteiger partial charge in [-0.25, -0.2) is 9.97 Å². The van der Waals surface area contributed by atoms with Crippen LogP contribution in [0.25, 0.3) is 0 Å². The molecule has 2 aromatic rings. The molecule has 1 fully saturated rings. The molecule has 0 radical (unpaired) electrons. The molecule has 1 amide bonds. The van der Waals surface area contributed by atoms with E-state index in [1.54, 1.807) is 29.9 Å². The normalized spacial score (nSPS) is 18.0. The summed E-state index contributed by atoms with van der Waals surface area (Å²) >= 11 is 1.65. The van der Waals surface area contributed by atoms with Crippen molar-refractivity contribution in [2.24, 2.45) is 5.92 Å². The van der Waals surface area contributed by atoms with Crippen LogP contribution in [0.15, 0.2) is 24.0 Å². The highest BCUT2D eigenvalue weighted by Gasteiger charge is 2.26. The second-order valence-electron chi connectivity index (χ2n) is 5.75. The van der Waals surface area contributed by atoms with Gasteiger partial charge in [-0.05, 0) is 19.8 Å². The number of anilines is 1. The molecule has 1 atom stereocenters. The van der Waals surface area contributed by atoms with Gasteiger partial charge in [-0.15, -0.1) is 11.3 Å². The quantitative estimate of drug-likeness (QED) is 0.905. The van der Waals surface area contributed by atoms with Crippen molar-refractivity contribution in [3.8, 4) is 0 Å². The summed E-state index contributed by atoms with van der Waals surface area (Å²) in [5, 5.41) is 6.17. The van der Waals surface area contributed by atoms with E-state index in [-0.39, 0.29) is 11.8 Å². The molecule has 0 saturated carbocycles. The van der Waals surface area contributed by atoms with E-state index in [1.165, 1.54) is 0 Å². The van der Waals surface area contributed by atoms with E-state index in [2.05, 4.69) is 30.5 Å². The van der Waals surface area contributed by atoms with Crippen LogP contribution < -0.4 is 10.2 Å². The number of piperidine rings is 1. The van der Waals surface area contributed by atoms with Gasteiger partial charge in [0.05, 0.1) is 22.8 Å². The van der Waals surface area contributed by atoms with Crippen molar-refractivity contribution >= 4 is 23.1 Å². The first-order valence-corrected chi connectivity index (χ1v) is 8.80. The zero-order valence-corrected chi connectivity index (χ0v) is 14.1. The third kappa shape index (κ3) is 4.25. The summed E-state index contributed by atoms with van der Waals surface area (Å²) in [6.07, 6.45) is 7.83. The molecule has 3 heterocycles. The fraction of sp³-hybridized carbons (Fsp3) is 0.500. The smallest absolute Gasteiger partial charge is 0.224 e. The Labute approximate surface area is 140 Å². The van der Waals surface area contributed by atoms with Crippen molar-refractivity contribution < 1.29 is 4.79 Å². The number of rotatable bonds is 5. The molecular formula is C16H21N5OS. The number of nitrogens with zero attached hydrogens (tertiary/aromatic N) is 4. The van der Waals surface area contributed by atoms with Crippen LogP contribution >= 0.6 is 11.3 Å². The number of carbonyl (C=O) groups excluding carboxylic acids is 1. The van der Waals surface area contributed by atoms with Crippen molar-refractivity contribution in [2.75, 3.05) is 24.5 Å². The summed E-state index contributed by atoms with van der Waals surface area (Å²) in [6.45, 7) is 4.28. The van der Waals surface area contributed by atoms with Gasteiger partial charge in [0.25, 0.3) is 0 Å². The topological polar surface area (TPSA) is 71.0 Å². The third-order valence-corrected chi connectivity index (χ3v) is 4.83. The van der Waals surface area contributed by atoms with E-state index in [0.29, 0.717) is 13.1 Å². The fourth-order valence-corrected chi connectivity index (χ4v) is 3.48. The van der Waals surface area contributed by atoms with Crippen LogP contribution in [0.1, 0.15) is 23.5 Å². The standard InChI is InChI=1S/C16H21N5OS/c1-12-20-14(11-23-12)4-5-19-16(22)13-3-2-8-21(10-13)15-9-17-6-7-18-15/h6-7,9,11,13H,2-5,8,10H2,1H3,(H,19,22)/t13-/m0/s1. The summed E-state index contributed by atoms with van der Waals surface area (Å²) < 4.78 is 0. The summed E-state index contributed by atoms with van der Waals surface area (Å²) in [5.74, 6) is 0.997. The molecule has 1 aliphatic heterocycles. The van der Waals surface area contributed by atoms with E-state index in [1.807, 2.05) is 6.92 Å². The van der Waals surface area contributed by atoms with Crippen LogP contribution in [0.3, 0.4) is 0 Å². The fourth-order valence-electron chi connectivity index (χ4n) is 2.83. The lowest BCUT2D eigenvalue weighted by Gasteiger charge is -2.32. The molecule has 1 saturated heterocycles. The number of hydrogen-bond donors (Lipinski definition) is 1. The highest BCUT2D eigenvalue weighted by atomic mass is 32.1. The van der Waals surface area contributed by atoms with Gasteiger partial charge in [-0.2, -0.15) is 0 Å². The van der Waals surface area contributed by atoms with Gasteiger partial charge >= 0.3 is 0 Å². The maximum atomic E-state index is 12.4. The van der Waals surface area contributed by atoms with Gasteiger partial charge in [0.1, 0.15) is 5.82 Å². The van der Waals surface area contributed by atoms with Crippen molar-refractivity contribution in [1.82, 2.24) is 20.3 Å². The highest BCUT2D eigenvalue weighted by Crippen LogP contribution is 2.20. The lowest BCUT2D eigenvalue weighted by Crippen LogP contribution is -2.43. The van der Waals surface area contributed by atoms with Crippen LogP contribution in [0.4, 0.5) is 5.82 Å². The number of nitrogens with one attached hydrogen (secondary N) is 1. The zero-order chi connectivity index (χ0) is 16.1. The van der Waals surface area contributed by atoms with Crippen LogP contribution in [-0.2, 0) is 11.2 Å².